The molecule has 2 aromatic rings. The standard InChI is InChI=1S/C19H18ClNO4/c20-16-8-6-15(7-9-16)17(22)10-11-19(24)25-13-18(23)21-12-14-4-2-1-3-5-14/h1-9H,10-13H2,(H,21,23). The Morgan fingerprint density at radius 2 is 1.60 bits per heavy atom. The van der Waals surface area contributed by atoms with Crippen molar-refractivity contribution < 1.29 is 19.1 Å². The lowest BCUT2D eigenvalue weighted by Crippen LogP contribution is -2.28. The molecule has 5 nitrogen and oxygen atoms in total. The van der Waals surface area contributed by atoms with E-state index in [1.165, 1.54) is 0 Å². The Balaban J connectivity index is 1.65. The molecule has 0 heterocycles. The van der Waals surface area contributed by atoms with Crippen LogP contribution < -0.4 is 5.32 Å². The van der Waals surface area contributed by atoms with Gasteiger partial charge in [-0.2, -0.15) is 0 Å². The van der Waals surface area contributed by atoms with Gasteiger partial charge in [0.25, 0.3) is 5.91 Å². The highest BCUT2D eigenvalue weighted by Gasteiger charge is 2.12. The van der Waals surface area contributed by atoms with Crippen LogP contribution in [0.2, 0.25) is 5.02 Å². The number of hydrogen-bond donors (Lipinski definition) is 1. The monoisotopic (exact) mass is 359 g/mol. The molecule has 0 fully saturated rings. The first-order chi connectivity index (χ1) is 12.0. The summed E-state index contributed by atoms with van der Waals surface area (Å²) >= 11 is 5.76. The molecule has 1 N–H and O–H groups in total. The van der Waals surface area contributed by atoms with Gasteiger partial charge in [-0.3, -0.25) is 14.4 Å². The minimum atomic E-state index is -0.586. The molecule has 0 saturated carbocycles. The smallest absolute Gasteiger partial charge is 0.306 e. The normalized spacial score (nSPS) is 10.1. The number of benzene rings is 2. The highest BCUT2D eigenvalue weighted by Crippen LogP contribution is 2.12. The van der Waals surface area contributed by atoms with Crippen LogP contribution in [-0.4, -0.2) is 24.3 Å². The molecule has 0 unspecified atom stereocenters. The van der Waals surface area contributed by atoms with Crippen molar-refractivity contribution in [3.05, 3.63) is 70.7 Å². The highest BCUT2D eigenvalue weighted by atomic mass is 35.5. The predicted molar refractivity (Wildman–Crippen MR) is 94.3 cm³/mol. The molecule has 0 atom stereocenters. The molecule has 25 heavy (non-hydrogen) atoms. The molecule has 0 saturated heterocycles. The van der Waals surface area contributed by atoms with Gasteiger partial charge in [-0.1, -0.05) is 41.9 Å². The first-order valence-electron chi connectivity index (χ1n) is 7.79. The summed E-state index contributed by atoms with van der Waals surface area (Å²) in [6.45, 7) is 0.00702. The fourth-order valence-corrected chi connectivity index (χ4v) is 2.19. The molecule has 1 amide bonds. The lowest BCUT2D eigenvalue weighted by Gasteiger charge is -2.07. The number of rotatable bonds is 8. The minimum absolute atomic E-state index is 0.0199. The van der Waals surface area contributed by atoms with Gasteiger partial charge in [-0.15, -0.1) is 0 Å². The summed E-state index contributed by atoms with van der Waals surface area (Å²) < 4.78 is 4.87. The Kier molecular flexibility index (Phi) is 7.16. The number of carbonyl (C=O) groups is 3. The molecule has 2 rings (SSSR count). The van der Waals surface area contributed by atoms with E-state index in [1.807, 2.05) is 30.3 Å². The third-order valence-electron chi connectivity index (χ3n) is 3.42. The van der Waals surface area contributed by atoms with Crippen LogP contribution in [0.1, 0.15) is 28.8 Å². The van der Waals surface area contributed by atoms with Crippen molar-refractivity contribution >= 4 is 29.3 Å². The van der Waals surface area contributed by atoms with Gasteiger partial charge in [0.05, 0.1) is 6.42 Å². The van der Waals surface area contributed by atoms with Crippen molar-refractivity contribution in [3.8, 4) is 0 Å². The van der Waals surface area contributed by atoms with Crippen molar-refractivity contribution in [1.82, 2.24) is 5.32 Å². The molecule has 0 spiro atoms. The Bertz CT molecular complexity index is 729. The molecular weight excluding hydrogens is 342 g/mol. The topological polar surface area (TPSA) is 72.5 Å². The summed E-state index contributed by atoms with van der Waals surface area (Å²) in [7, 11) is 0. The molecular formula is C19H18ClNO4. The number of hydrogen-bond acceptors (Lipinski definition) is 4. The summed E-state index contributed by atoms with van der Waals surface area (Å²) in [6, 6.07) is 15.8. The number of ether oxygens (including phenoxy) is 1. The molecule has 130 valence electrons. The van der Waals surface area contributed by atoms with E-state index in [1.54, 1.807) is 24.3 Å². The quantitative estimate of drug-likeness (QED) is 0.580. The van der Waals surface area contributed by atoms with E-state index in [9.17, 15) is 14.4 Å². The van der Waals surface area contributed by atoms with Gasteiger partial charge in [-0.25, -0.2) is 0 Å². The predicted octanol–water partition coefficient (Wildman–Crippen LogP) is 3.16. The fraction of sp³-hybridized carbons (Fsp3) is 0.211. The Hall–Kier alpha value is -2.66. The number of nitrogens with one attached hydrogen (secondary N) is 1. The molecule has 2 aromatic carbocycles. The van der Waals surface area contributed by atoms with Gasteiger partial charge in [0.1, 0.15) is 0 Å². The van der Waals surface area contributed by atoms with E-state index >= 15 is 0 Å². The van der Waals surface area contributed by atoms with Crippen molar-refractivity contribution in [2.45, 2.75) is 19.4 Å². The van der Waals surface area contributed by atoms with Gasteiger partial charge in [-0.05, 0) is 29.8 Å². The minimum Gasteiger partial charge on any atom is -0.456 e. The molecule has 0 bridgehead atoms. The van der Waals surface area contributed by atoms with Crippen LogP contribution in [-0.2, 0) is 20.9 Å². The average molecular weight is 360 g/mol. The van der Waals surface area contributed by atoms with Crippen LogP contribution in [0, 0.1) is 0 Å². The molecule has 0 aliphatic carbocycles. The summed E-state index contributed by atoms with van der Waals surface area (Å²) in [5.41, 5.74) is 1.44. The second-order valence-corrected chi connectivity index (χ2v) is 5.79. The number of carbonyl (C=O) groups excluding carboxylic acids is 3. The second-order valence-electron chi connectivity index (χ2n) is 5.35. The van der Waals surface area contributed by atoms with Crippen LogP contribution in [0.4, 0.5) is 0 Å². The Morgan fingerprint density at radius 3 is 2.28 bits per heavy atom. The third kappa shape index (κ3) is 6.77. The first kappa shape index (κ1) is 18.7. The number of ketones is 1. The maximum Gasteiger partial charge on any atom is 0.306 e. The number of amides is 1. The molecule has 0 radical (unpaired) electrons. The third-order valence-corrected chi connectivity index (χ3v) is 3.67. The Labute approximate surface area is 150 Å². The summed E-state index contributed by atoms with van der Waals surface area (Å²) in [5, 5.41) is 3.19. The van der Waals surface area contributed by atoms with E-state index in [-0.39, 0.29) is 31.1 Å². The van der Waals surface area contributed by atoms with Crippen LogP contribution in [0.3, 0.4) is 0 Å². The lowest BCUT2D eigenvalue weighted by molar-refractivity contribution is -0.148. The zero-order valence-corrected chi connectivity index (χ0v) is 14.3. The van der Waals surface area contributed by atoms with E-state index in [4.69, 9.17) is 16.3 Å². The van der Waals surface area contributed by atoms with E-state index in [2.05, 4.69) is 5.32 Å². The largest absolute Gasteiger partial charge is 0.456 e. The number of halogens is 1. The van der Waals surface area contributed by atoms with Gasteiger partial charge in [0.2, 0.25) is 0 Å². The van der Waals surface area contributed by atoms with Gasteiger partial charge >= 0.3 is 5.97 Å². The van der Waals surface area contributed by atoms with Crippen molar-refractivity contribution in [3.63, 3.8) is 0 Å². The first-order valence-corrected chi connectivity index (χ1v) is 8.17. The molecule has 0 aliphatic heterocycles. The average Bonchev–Trinajstić information content (AvgIpc) is 2.64. The fourth-order valence-electron chi connectivity index (χ4n) is 2.06. The highest BCUT2D eigenvalue weighted by molar-refractivity contribution is 6.30. The van der Waals surface area contributed by atoms with Crippen LogP contribution in [0.5, 0.6) is 0 Å². The van der Waals surface area contributed by atoms with E-state index < -0.39 is 5.97 Å². The van der Waals surface area contributed by atoms with Crippen molar-refractivity contribution in [2.24, 2.45) is 0 Å². The Morgan fingerprint density at radius 1 is 0.920 bits per heavy atom. The van der Waals surface area contributed by atoms with Crippen molar-refractivity contribution in [2.75, 3.05) is 6.61 Å². The summed E-state index contributed by atoms with van der Waals surface area (Å²) in [5.74, 6) is -1.15. The SMILES string of the molecule is O=C(COC(=O)CCC(=O)c1ccc(Cl)cc1)NCc1ccccc1. The number of Topliss-reactive ketones (excluding diaryl/α,β-unsaturated/α-hetero) is 1. The van der Waals surface area contributed by atoms with Crippen LogP contribution in [0.15, 0.2) is 54.6 Å². The maximum atomic E-state index is 11.9. The van der Waals surface area contributed by atoms with E-state index in [0.29, 0.717) is 17.1 Å². The molecule has 0 aliphatic rings. The van der Waals surface area contributed by atoms with E-state index in [0.717, 1.165) is 5.56 Å². The van der Waals surface area contributed by atoms with Crippen LogP contribution >= 0.6 is 11.6 Å². The number of esters is 1. The molecule has 0 aromatic heterocycles. The van der Waals surface area contributed by atoms with Gasteiger partial charge < -0.3 is 10.1 Å². The van der Waals surface area contributed by atoms with Crippen LogP contribution in [0.25, 0.3) is 0 Å². The van der Waals surface area contributed by atoms with Gasteiger partial charge in [0.15, 0.2) is 12.4 Å². The second kappa shape index (κ2) is 9.59. The molecule has 6 heteroatoms. The lowest BCUT2D eigenvalue weighted by atomic mass is 10.1. The zero-order valence-electron chi connectivity index (χ0n) is 13.5. The zero-order chi connectivity index (χ0) is 18.1. The summed E-state index contributed by atoms with van der Waals surface area (Å²) in [4.78, 5) is 35.2. The van der Waals surface area contributed by atoms with Gasteiger partial charge in [0, 0.05) is 23.6 Å². The van der Waals surface area contributed by atoms with Crippen molar-refractivity contribution in [1.29, 1.82) is 0 Å². The summed E-state index contributed by atoms with van der Waals surface area (Å²) in [6.07, 6.45) is -0.0560. The maximum absolute atomic E-state index is 11.9.